The average Bonchev–Trinajstić information content (AvgIpc) is 3.09. The molecule has 0 spiro atoms. The summed E-state index contributed by atoms with van der Waals surface area (Å²) in [5.41, 5.74) is 0. The third-order valence-electron chi connectivity index (χ3n) is 5.32. The Morgan fingerprint density at radius 1 is 1.31 bits per heavy atom. The molecule has 5 rings (SSSR count). The molecule has 0 radical (unpaired) electrons. The summed E-state index contributed by atoms with van der Waals surface area (Å²) in [6.07, 6.45) is 8.85. The van der Waals surface area contributed by atoms with Crippen LogP contribution in [0.4, 0.5) is 0 Å². The fourth-order valence-corrected chi connectivity index (χ4v) is 4.41. The first-order valence-electron chi connectivity index (χ1n) is 6.63. The van der Waals surface area contributed by atoms with Crippen LogP contribution in [0.3, 0.4) is 0 Å². The highest BCUT2D eigenvalue weighted by molar-refractivity contribution is 5.86. The van der Waals surface area contributed by atoms with Crippen molar-refractivity contribution in [3.63, 3.8) is 0 Å². The molecule has 2 bridgehead atoms. The van der Waals surface area contributed by atoms with Gasteiger partial charge in [0.1, 0.15) is 5.78 Å². The van der Waals surface area contributed by atoms with E-state index in [9.17, 15) is 4.79 Å². The largest absolute Gasteiger partial charge is 0.369 e. The van der Waals surface area contributed by atoms with E-state index < -0.39 is 0 Å². The minimum Gasteiger partial charge on any atom is -0.369 e. The van der Waals surface area contributed by atoms with E-state index in [0.717, 1.165) is 12.8 Å². The minimum atomic E-state index is 0.226. The van der Waals surface area contributed by atoms with Gasteiger partial charge in [-0.15, -0.1) is 0 Å². The standard InChI is InChI=1S/C14H18O2/c1-7-12-10(6-11-14(7)16-11)8-2-4-9(5-3-8)13(12)15/h2,4,7-12,14H,3,5-6H2,1H3. The number of ketones is 1. The van der Waals surface area contributed by atoms with Crippen LogP contribution in [0.5, 0.6) is 0 Å². The molecule has 1 aliphatic heterocycles. The van der Waals surface area contributed by atoms with Gasteiger partial charge in [-0.05, 0) is 37.0 Å². The number of fused-ring (bicyclic) bond motifs is 2. The number of allylic oxidation sites excluding steroid dienone is 2. The van der Waals surface area contributed by atoms with Crippen LogP contribution in [0.25, 0.3) is 0 Å². The van der Waals surface area contributed by atoms with Crippen LogP contribution in [-0.2, 0) is 9.53 Å². The summed E-state index contributed by atoms with van der Waals surface area (Å²) in [5.74, 6) is 2.72. The number of rotatable bonds is 0. The predicted molar refractivity (Wildman–Crippen MR) is 59.8 cm³/mol. The van der Waals surface area contributed by atoms with Gasteiger partial charge in [-0.25, -0.2) is 0 Å². The van der Waals surface area contributed by atoms with Gasteiger partial charge >= 0.3 is 0 Å². The Morgan fingerprint density at radius 2 is 2.19 bits per heavy atom. The maximum absolute atomic E-state index is 12.5. The topological polar surface area (TPSA) is 29.6 Å². The van der Waals surface area contributed by atoms with Crippen LogP contribution in [0.15, 0.2) is 12.2 Å². The molecule has 3 fully saturated rings. The van der Waals surface area contributed by atoms with E-state index in [2.05, 4.69) is 19.1 Å². The molecule has 1 heterocycles. The molecule has 16 heavy (non-hydrogen) atoms. The number of hydrogen-bond donors (Lipinski definition) is 0. The molecule has 86 valence electrons. The maximum Gasteiger partial charge on any atom is 0.143 e. The fraction of sp³-hybridized carbons (Fsp3) is 0.786. The van der Waals surface area contributed by atoms with Crippen LogP contribution < -0.4 is 0 Å². The number of ether oxygens (including phenoxy) is 1. The van der Waals surface area contributed by atoms with Gasteiger partial charge in [-0.2, -0.15) is 0 Å². The molecule has 7 atom stereocenters. The molecule has 2 nitrogen and oxygen atoms in total. The Labute approximate surface area is 96.0 Å². The third kappa shape index (κ3) is 1.09. The van der Waals surface area contributed by atoms with E-state index in [1.165, 1.54) is 6.42 Å². The van der Waals surface area contributed by atoms with Crippen molar-refractivity contribution in [1.29, 1.82) is 0 Å². The number of carbonyl (C=O) groups excluding carboxylic acids is 1. The van der Waals surface area contributed by atoms with Crippen LogP contribution in [0.1, 0.15) is 26.2 Å². The maximum atomic E-state index is 12.5. The third-order valence-corrected chi connectivity index (χ3v) is 5.32. The number of carbonyl (C=O) groups is 1. The van der Waals surface area contributed by atoms with Gasteiger partial charge in [-0.1, -0.05) is 19.1 Å². The molecule has 0 aromatic carbocycles. The number of hydrogen-bond acceptors (Lipinski definition) is 2. The van der Waals surface area contributed by atoms with Crippen molar-refractivity contribution in [3.8, 4) is 0 Å². The van der Waals surface area contributed by atoms with Crippen molar-refractivity contribution in [2.24, 2.45) is 29.6 Å². The van der Waals surface area contributed by atoms with Gasteiger partial charge in [0, 0.05) is 11.8 Å². The average molecular weight is 218 g/mol. The Bertz CT molecular complexity index is 373. The molecular weight excluding hydrogens is 200 g/mol. The lowest BCUT2D eigenvalue weighted by Gasteiger charge is -2.34. The summed E-state index contributed by atoms with van der Waals surface area (Å²) in [4.78, 5) is 12.5. The summed E-state index contributed by atoms with van der Waals surface area (Å²) >= 11 is 0. The highest BCUT2D eigenvalue weighted by Crippen LogP contribution is 2.54. The van der Waals surface area contributed by atoms with Crippen molar-refractivity contribution >= 4 is 5.78 Å². The van der Waals surface area contributed by atoms with Crippen LogP contribution in [0, 0.1) is 29.6 Å². The van der Waals surface area contributed by atoms with Crippen molar-refractivity contribution in [2.45, 2.75) is 38.4 Å². The molecule has 5 aliphatic rings. The second kappa shape index (κ2) is 2.98. The molecule has 0 aromatic rings. The zero-order valence-corrected chi connectivity index (χ0v) is 9.63. The Kier molecular flexibility index (Phi) is 1.75. The van der Waals surface area contributed by atoms with Gasteiger partial charge in [0.25, 0.3) is 0 Å². The molecule has 1 saturated heterocycles. The minimum absolute atomic E-state index is 0.226. The summed E-state index contributed by atoms with van der Waals surface area (Å²) in [6, 6.07) is 0. The van der Waals surface area contributed by atoms with Crippen molar-refractivity contribution in [2.75, 3.05) is 0 Å². The smallest absolute Gasteiger partial charge is 0.143 e. The Hall–Kier alpha value is -0.630. The normalized spacial score (nSPS) is 57.8. The van der Waals surface area contributed by atoms with E-state index in [-0.39, 0.29) is 11.8 Å². The molecule has 0 amide bonds. The first-order chi connectivity index (χ1) is 7.75. The lowest BCUT2D eigenvalue weighted by atomic mass is 9.67. The SMILES string of the molecule is CC1C2OC2CC2C3C=CC(CC3)C(=O)C12. The van der Waals surface area contributed by atoms with Crippen LogP contribution in [-0.4, -0.2) is 18.0 Å². The molecule has 0 aromatic heterocycles. The molecule has 2 saturated carbocycles. The predicted octanol–water partition coefficient (Wildman–Crippen LogP) is 2.19. The van der Waals surface area contributed by atoms with E-state index in [4.69, 9.17) is 4.74 Å². The van der Waals surface area contributed by atoms with Crippen LogP contribution >= 0.6 is 0 Å². The van der Waals surface area contributed by atoms with Gasteiger partial charge in [0.05, 0.1) is 12.2 Å². The highest BCUT2D eigenvalue weighted by atomic mass is 16.6. The lowest BCUT2D eigenvalue weighted by Crippen LogP contribution is -2.39. The quantitative estimate of drug-likeness (QED) is 0.461. The molecule has 2 heteroatoms. The van der Waals surface area contributed by atoms with Gasteiger partial charge in [0.15, 0.2) is 0 Å². The van der Waals surface area contributed by atoms with Gasteiger partial charge in [0.2, 0.25) is 0 Å². The highest BCUT2D eigenvalue weighted by Gasteiger charge is 2.58. The zero-order chi connectivity index (χ0) is 10.9. The lowest BCUT2D eigenvalue weighted by molar-refractivity contribution is -0.129. The van der Waals surface area contributed by atoms with Gasteiger partial charge in [-0.3, -0.25) is 4.79 Å². The monoisotopic (exact) mass is 218 g/mol. The summed E-state index contributed by atoms with van der Waals surface area (Å²) in [5, 5.41) is 0. The summed E-state index contributed by atoms with van der Waals surface area (Å²) in [6.45, 7) is 2.23. The first-order valence-corrected chi connectivity index (χ1v) is 6.63. The van der Waals surface area contributed by atoms with E-state index >= 15 is 0 Å². The molecule has 7 unspecified atom stereocenters. The van der Waals surface area contributed by atoms with E-state index in [1.807, 2.05) is 0 Å². The second-order valence-electron chi connectivity index (χ2n) is 6.06. The van der Waals surface area contributed by atoms with Gasteiger partial charge < -0.3 is 4.74 Å². The Morgan fingerprint density at radius 3 is 2.94 bits per heavy atom. The first kappa shape index (κ1) is 9.41. The molecule has 4 aliphatic carbocycles. The molecular formula is C14H18O2. The number of Topliss-reactive ketones (excluding diaryl/α,β-unsaturated/α-hetero) is 1. The van der Waals surface area contributed by atoms with Crippen molar-refractivity contribution in [3.05, 3.63) is 12.2 Å². The fourth-order valence-electron chi connectivity index (χ4n) is 4.41. The van der Waals surface area contributed by atoms with Crippen molar-refractivity contribution < 1.29 is 9.53 Å². The van der Waals surface area contributed by atoms with Crippen LogP contribution in [0.2, 0.25) is 0 Å². The molecule has 0 N–H and O–H groups in total. The zero-order valence-electron chi connectivity index (χ0n) is 9.63. The summed E-state index contributed by atoms with van der Waals surface area (Å²) < 4.78 is 5.70. The summed E-state index contributed by atoms with van der Waals surface area (Å²) in [7, 11) is 0. The van der Waals surface area contributed by atoms with E-state index in [0.29, 0.717) is 35.7 Å². The number of epoxide rings is 1. The Balaban J connectivity index is 1.76. The second-order valence-corrected chi connectivity index (χ2v) is 6.06. The van der Waals surface area contributed by atoms with Crippen molar-refractivity contribution in [1.82, 2.24) is 0 Å². The van der Waals surface area contributed by atoms with E-state index in [1.54, 1.807) is 0 Å².